The minimum Gasteiger partial charge on any atom is -0.478 e. The maximum atomic E-state index is 11.3. The van der Waals surface area contributed by atoms with Crippen molar-refractivity contribution < 1.29 is 14.7 Å². The van der Waals surface area contributed by atoms with Crippen molar-refractivity contribution in [3.63, 3.8) is 0 Å². The Balaban J connectivity index is 2.02. The summed E-state index contributed by atoms with van der Waals surface area (Å²) in [7, 11) is 0. The molecule has 2 rings (SSSR count). The molecule has 19 heavy (non-hydrogen) atoms. The second-order valence-corrected chi connectivity index (χ2v) is 4.65. The normalized spacial score (nSPS) is 11.0. The maximum absolute atomic E-state index is 11.3. The quantitative estimate of drug-likeness (QED) is 0.832. The molecule has 0 spiro atoms. The molecule has 0 fully saturated rings. The zero-order valence-corrected chi connectivity index (χ0v) is 11.3. The number of fused-ring (bicyclic) bond motifs is 1. The third-order valence-electron chi connectivity index (χ3n) is 2.29. The number of hydrogen-bond donors (Lipinski definition) is 2. The number of carbonyl (C=O) groups is 2. The van der Waals surface area contributed by atoms with Crippen LogP contribution in [0.2, 0.25) is 0 Å². The molecule has 6 nitrogen and oxygen atoms in total. The highest BCUT2D eigenvalue weighted by molar-refractivity contribution is 9.10. The van der Waals surface area contributed by atoms with Crippen molar-refractivity contribution in [3.05, 3.63) is 46.8 Å². The van der Waals surface area contributed by atoms with Gasteiger partial charge in [0.1, 0.15) is 5.65 Å². The highest BCUT2D eigenvalue weighted by Crippen LogP contribution is 2.12. The average Bonchev–Trinajstić information content (AvgIpc) is 2.75. The van der Waals surface area contributed by atoms with Crippen LogP contribution in [0.3, 0.4) is 0 Å². The SMILES string of the molecule is O=C(O)/C=C/C(=O)NCc1cn2cc(Br)ccc2n1. The fraction of sp³-hybridized carbons (Fsp3) is 0.0833. The van der Waals surface area contributed by atoms with E-state index in [0.29, 0.717) is 5.69 Å². The van der Waals surface area contributed by atoms with E-state index >= 15 is 0 Å². The van der Waals surface area contributed by atoms with Crippen LogP contribution in [-0.4, -0.2) is 26.4 Å². The monoisotopic (exact) mass is 323 g/mol. The number of halogens is 1. The Labute approximate surface area is 116 Å². The van der Waals surface area contributed by atoms with Crippen molar-refractivity contribution in [1.82, 2.24) is 14.7 Å². The first-order valence-corrected chi connectivity index (χ1v) is 6.16. The summed E-state index contributed by atoms with van der Waals surface area (Å²) in [4.78, 5) is 25.8. The first kappa shape index (κ1) is 13.3. The molecule has 1 amide bonds. The fourth-order valence-electron chi connectivity index (χ4n) is 1.49. The molecule has 0 aliphatic carbocycles. The van der Waals surface area contributed by atoms with Crippen LogP contribution in [0.1, 0.15) is 5.69 Å². The summed E-state index contributed by atoms with van der Waals surface area (Å²) in [6.07, 6.45) is 5.41. The van der Waals surface area contributed by atoms with Gasteiger partial charge in [-0.3, -0.25) is 4.79 Å². The van der Waals surface area contributed by atoms with Gasteiger partial charge in [-0.25, -0.2) is 9.78 Å². The zero-order chi connectivity index (χ0) is 13.8. The number of hydrogen-bond acceptors (Lipinski definition) is 3. The van der Waals surface area contributed by atoms with Crippen LogP contribution in [0.4, 0.5) is 0 Å². The van der Waals surface area contributed by atoms with Crippen molar-refractivity contribution in [2.24, 2.45) is 0 Å². The molecular formula is C12H10BrN3O3. The lowest BCUT2D eigenvalue weighted by Gasteiger charge is -1.97. The second-order valence-electron chi connectivity index (χ2n) is 3.73. The number of aliphatic carboxylic acids is 1. The molecule has 0 saturated heterocycles. The third kappa shape index (κ3) is 3.65. The summed E-state index contributed by atoms with van der Waals surface area (Å²) in [6, 6.07) is 3.72. The van der Waals surface area contributed by atoms with Gasteiger partial charge in [0, 0.05) is 29.0 Å². The maximum Gasteiger partial charge on any atom is 0.328 e. The number of carbonyl (C=O) groups excluding carboxylic acids is 1. The Kier molecular flexibility index (Phi) is 3.96. The van der Waals surface area contributed by atoms with Crippen molar-refractivity contribution in [3.8, 4) is 0 Å². The summed E-state index contributed by atoms with van der Waals surface area (Å²) < 4.78 is 2.76. The van der Waals surface area contributed by atoms with Gasteiger partial charge in [0.15, 0.2) is 0 Å². The third-order valence-corrected chi connectivity index (χ3v) is 2.75. The molecular weight excluding hydrogens is 314 g/mol. The van der Waals surface area contributed by atoms with E-state index in [4.69, 9.17) is 5.11 Å². The van der Waals surface area contributed by atoms with Crippen LogP contribution < -0.4 is 5.32 Å². The van der Waals surface area contributed by atoms with Crippen LogP contribution in [-0.2, 0) is 16.1 Å². The van der Waals surface area contributed by atoms with Gasteiger partial charge in [-0.05, 0) is 28.1 Å². The van der Waals surface area contributed by atoms with Crippen LogP contribution in [0.15, 0.2) is 41.2 Å². The lowest BCUT2D eigenvalue weighted by atomic mass is 10.4. The highest BCUT2D eigenvalue weighted by Gasteiger charge is 2.03. The first-order valence-electron chi connectivity index (χ1n) is 5.36. The van der Waals surface area contributed by atoms with Gasteiger partial charge in [0.25, 0.3) is 0 Å². The Morgan fingerprint density at radius 1 is 1.37 bits per heavy atom. The number of aromatic nitrogens is 2. The van der Waals surface area contributed by atoms with E-state index in [1.54, 1.807) is 6.20 Å². The molecule has 7 heteroatoms. The van der Waals surface area contributed by atoms with Gasteiger partial charge in [-0.2, -0.15) is 0 Å². The van der Waals surface area contributed by atoms with Crippen LogP contribution in [0, 0.1) is 0 Å². The topological polar surface area (TPSA) is 83.7 Å². The minimum atomic E-state index is -1.16. The Morgan fingerprint density at radius 3 is 2.89 bits per heavy atom. The van der Waals surface area contributed by atoms with Crippen molar-refractivity contribution >= 4 is 33.5 Å². The molecule has 0 atom stereocenters. The summed E-state index contributed by atoms with van der Waals surface area (Å²) >= 11 is 3.35. The largest absolute Gasteiger partial charge is 0.478 e. The first-order chi connectivity index (χ1) is 9.04. The Morgan fingerprint density at radius 2 is 2.16 bits per heavy atom. The van der Waals surface area contributed by atoms with Crippen LogP contribution in [0.25, 0.3) is 5.65 Å². The molecule has 2 aromatic rings. The summed E-state index contributed by atoms with van der Waals surface area (Å²) in [5.41, 5.74) is 1.46. The molecule has 2 aromatic heterocycles. The predicted molar refractivity (Wildman–Crippen MR) is 71.5 cm³/mol. The second kappa shape index (κ2) is 5.66. The summed E-state index contributed by atoms with van der Waals surface area (Å²) in [6.45, 7) is 0.238. The van der Waals surface area contributed by atoms with Gasteiger partial charge < -0.3 is 14.8 Å². The Bertz CT molecular complexity index is 663. The van der Waals surface area contributed by atoms with Gasteiger partial charge in [-0.1, -0.05) is 0 Å². The van der Waals surface area contributed by atoms with E-state index < -0.39 is 11.9 Å². The number of carboxylic acid groups (broad SMARTS) is 1. The molecule has 0 saturated carbocycles. The summed E-state index contributed by atoms with van der Waals surface area (Å²) in [5, 5.41) is 10.9. The van der Waals surface area contributed by atoms with E-state index in [0.717, 1.165) is 22.3 Å². The molecule has 0 radical (unpaired) electrons. The van der Waals surface area contributed by atoms with E-state index in [1.807, 2.05) is 22.7 Å². The lowest BCUT2D eigenvalue weighted by Crippen LogP contribution is -2.20. The number of pyridine rings is 1. The number of nitrogens with one attached hydrogen (secondary N) is 1. The van der Waals surface area contributed by atoms with Gasteiger partial charge in [0.2, 0.25) is 5.91 Å². The summed E-state index contributed by atoms with van der Waals surface area (Å²) in [5.74, 6) is -1.63. The highest BCUT2D eigenvalue weighted by atomic mass is 79.9. The molecule has 0 unspecified atom stereocenters. The predicted octanol–water partition coefficient (Wildman–Crippen LogP) is 1.35. The standard InChI is InChI=1S/C12H10BrN3O3/c13-8-1-2-10-15-9(7-16(10)6-8)5-14-11(17)3-4-12(18)19/h1-4,6-7H,5H2,(H,14,17)(H,18,19)/b4-3+. The van der Waals surface area contributed by atoms with E-state index in [9.17, 15) is 9.59 Å². The average molecular weight is 324 g/mol. The van der Waals surface area contributed by atoms with Crippen LogP contribution in [0.5, 0.6) is 0 Å². The molecule has 0 aliphatic rings. The molecule has 0 aromatic carbocycles. The van der Waals surface area contributed by atoms with Gasteiger partial charge >= 0.3 is 5.97 Å². The van der Waals surface area contributed by atoms with Crippen molar-refractivity contribution in [1.29, 1.82) is 0 Å². The van der Waals surface area contributed by atoms with E-state index in [1.165, 1.54) is 0 Å². The zero-order valence-electron chi connectivity index (χ0n) is 9.71. The van der Waals surface area contributed by atoms with Crippen molar-refractivity contribution in [2.75, 3.05) is 0 Å². The van der Waals surface area contributed by atoms with E-state index in [-0.39, 0.29) is 6.54 Å². The smallest absolute Gasteiger partial charge is 0.328 e. The number of nitrogens with zero attached hydrogens (tertiary/aromatic N) is 2. The fourth-order valence-corrected chi connectivity index (χ4v) is 1.84. The molecule has 2 N–H and O–H groups in total. The molecule has 2 heterocycles. The molecule has 0 bridgehead atoms. The molecule has 98 valence electrons. The number of imidazole rings is 1. The van der Waals surface area contributed by atoms with E-state index in [2.05, 4.69) is 26.2 Å². The van der Waals surface area contributed by atoms with Crippen molar-refractivity contribution in [2.45, 2.75) is 6.54 Å². The Hall–Kier alpha value is -2.15. The number of carboxylic acids is 1. The minimum absolute atomic E-state index is 0.238. The lowest BCUT2D eigenvalue weighted by molar-refractivity contribution is -0.131. The van der Waals surface area contributed by atoms with Crippen LogP contribution >= 0.6 is 15.9 Å². The molecule has 0 aliphatic heterocycles. The van der Waals surface area contributed by atoms with Gasteiger partial charge in [0.05, 0.1) is 12.2 Å². The number of rotatable bonds is 4. The number of amides is 1. The van der Waals surface area contributed by atoms with Gasteiger partial charge in [-0.15, -0.1) is 0 Å².